The monoisotopic (exact) mass is 273 g/mol. The summed E-state index contributed by atoms with van der Waals surface area (Å²) in [5, 5.41) is 0. The predicted octanol–water partition coefficient (Wildman–Crippen LogP) is 5.24. The van der Waals surface area contributed by atoms with Crippen molar-refractivity contribution in [2.45, 2.75) is 86.2 Å². The molecule has 0 radical (unpaired) electrons. The van der Waals surface area contributed by atoms with Crippen LogP contribution in [0.5, 0.6) is 0 Å². The van der Waals surface area contributed by atoms with Gasteiger partial charge in [0, 0.05) is 13.1 Å². The Balaban J connectivity index is 0. The van der Waals surface area contributed by atoms with Gasteiger partial charge in [-0.1, -0.05) is 47.0 Å². The Morgan fingerprint density at radius 1 is 0.947 bits per heavy atom. The molecule has 0 aromatic heterocycles. The number of carbonyl (C=O) groups excluding carboxylic acids is 1. The van der Waals surface area contributed by atoms with Crippen molar-refractivity contribution in [3.63, 3.8) is 0 Å². The lowest BCUT2D eigenvalue weighted by Crippen LogP contribution is -2.37. The second-order valence-electron chi connectivity index (χ2n) is 5.88. The first-order valence-corrected chi connectivity index (χ1v) is 7.80. The summed E-state index contributed by atoms with van der Waals surface area (Å²) in [6, 6.07) is 0. The molecule has 1 amide bonds. The fraction of sp³-hybridized carbons (Fsp3) is 0.938. The third-order valence-electron chi connectivity index (χ3n) is 2.18. The molecule has 0 aromatic carbocycles. The van der Waals surface area contributed by atoms with Gasteiger partial charge in [-0.25, -0.2) is 4.79 Å². The van der Waals surface area contributed by atoms with E-state index in [2.05, 4.69) is 27.7 Å². The third kappa shape index (κ3) is 15.2. The maximum Gasteiger partial charge on any atom is 0.410 e. The molecule has 0 heterocycles. The normalized spacial score (nSPS) is 10.5. The van der Waals surface area contributed by atoms with Gasteiger partial charge in [0.25, 0.3) is 0 Å². The number of carbonyl (C=O) groups is 1. The summed E-state index contributed by atoms with van der Waals surface area (Å²) >= 11 is 0. The standard InChI is InChI=1S/C13H27NO2.C3H8/c1-6-8-9-11-14(10-7-2)12(15)16-13(3,4)5;1-3-2/h6-11H2,1-5H3;3H2,1-2H3. The second-order valence-corrected chi connectivity index (χ2v) is 5.88. The maximum absolute atomic E-state index is 11.8. The first-order valence-electron chi connectivity index (χ1n) is 7.80. The minimum Gasteiger partial charge on any atom is -0.444 e. The molecule has 0 aliphatic carbocycles. The van der Waals surface area contributed by atoms with Gasteiger partial charge in [0.05, 0.1) is 0 Å². The molecular weight excluding hydrogens is 238 g/mol. The van der Waals surface area contributed by atoms with Crippen LogP contribution in [0.15, 0.2) is 0 Å². The summed E-state index contributed by atoms with van der Waals surface area (Å²) in [5.74, 6) is 0. The SMILES string of the molecule is CCC.CCCCCN(CCC)C(=O)OC(C)(C)C. The van der Waals surface area contributed by atoms with Crippen LogP contribution in [0.1, 0.15) is 80.6 Å². The van der Waals surface area contributed by atoms with Crippen molar-refractivity contribution in [2.75, 3.05) is 13.1 Å². The Morgan fingerprint density at radius 3 is 1.84 bits per heavy atom. The molecular formula is C16H35NO2. The lowest BCUT2D eigenvalue weighted by atomic mass is 10.2. The quantitative estimate of drug-likeness (QED) is 0.619. The van der Waals surface area contributed by atoms with Crippen molar-refractivity contribution in [1.29, 1.82) is 0 Å². The van der Waals surface area contributed by atoms with Crippen LogP contribution >= 0.6 is 0 Å². The van der Waals surface area contributed by atoms with Gasteiger partial charge in [-0.3, -0.25) is 0 Å². The van der Waals surface area contributed by atoms with Crippen LogP contribution in [0.2, 0.25) is 0 Å². The summed E-state index contributed by atoms with van der Waals surface area (Å²) in [7, 11) is 0. The fourth-order valence-electron chi connectivity index (χ4n) is 1.44. The van der Waals surface area contributed by atoms with Gasteiger partial charge in [0.15, 0.2) is 0 Å². The average Bonchev–Trinajstić information content (AvgIpc) is 2.27. The smallest absolute Gasteiger partial charge is 0.410 e. The van der Waals surface area contributed by atoms with E-state index in [1.807, 2.05) is 25.7 Å². The molecule has 0 spiro atoms. The Labute approximate surface area is 120 Å². The van der Waals surface area contributed by atoms with Crippen LogP contribution in [0.25, 0.3) is 0 Å². The van der Waals surface area contributed by atoms with Gasteiger partial charge in [-0.05, 0) is 33.6 Å². The van der Waals surface area contributed by atoms with Crippen LogP contribution in [0.4, 0.5) is 4.79 Å². The van der Waals surface area contributed by atoms with Crippen molar-refractivity contribution < 1.29 is 9.53 Å². The number of hydrogen-bond acceptors (Lipinski definition) is 2. The minimum atomic E-state index is -0.395. The highest BCUT2D eigenvalue weighted by atomic mass is 16.6. The van der Waals surface area contributed by atoms with E-state index >= 15 is 0 Å². The fourth-order valence-corrected chi connectivity index (χ4v) is 1.44. The molecule has 0 aliphatic rings. The zero-order valence-corrected chi connectivity index (χ0v) is 14.2. The summed E-state index contributed by atoms with van der Waals surface area (Å²) < 4.78 is 5.37. The maximum atomic E-state index is 11.8. The Hall–Kier alpha value is -0.730. The predicted molar refractivity (Wildman–Crippen MR) is 83.6 cm³/mol. The van der Waals surface area contributed by atoms with Gasteiger partial charge in [0.1, 0.15) is 5.60 Å². The van der Waals surface area contributed by atoms with Gasteiger partial charge in [0.2, 0.25) is 0 Å². The molecule has 19 heavy (non-hydrogen) atoms. The van der Waals surface area contributed by atoms with E-state index in [0.29, 0.717) is 0 Å². The number of ether oxygens (including phenoxy) is 1. The Morgan fingerprint density at radius 2 is 1.47 bits per heavy atom. The molecule has 116 valence electrons. The van der Waals surface area contributed by atoms with E-state index in [9.17, 15) is 4.79 Å². The van der Waals surface area contributed by atoms with E-state index < -0.39 is 5.60 Å². The average molecular weight is 273 g/mol. The van der Waals surface area contributed by atoms with Crippen molar-refractivity contribution in [3.05, 3.63) is 0 Å². The van der Waals surface area contributed by atoms with Crippen LogP contribution in [-0.4, -0.2) is 29.7 Å². The topological polar surface area (TPSA) is 29.5 Å². The van der Waals surface area contributed by atoms with Gasteiger partial charge >= 0.3 is 6.09 Å². The molecule has 0 saturated carbocycles. The summed E-state index contributed by atoms with van der Waals surface area (Å²) in [5.41, 5.74) is -0.395. The molecule has 0 atom stereocenters. The van der Waals surface area contributed by atoms with Gasteiger partial charge in [-0.15, -0.1) is 0 Å². The second kappa shape index (κ2) is 12.3. The zero-order chi connectivity index (χ0) is 15.3. The number of nitrogens with zero attached hydrogens (tertiary/aromatic N) is 1. The lowest BCUT2D eigenvalue weighted by Gasteiger charge is -2.27. The summed E-state index contributed by atoms with van der Waals surface area (Å²) in [6.45, 7) is 15.8. The number of hydrogen-bond donors (Lipinski definition) is 0. The Kier molecular flexibility index (Phi) is 13.3. The first-order chi connectivity index (χ1) is 8.82. The van der Waals surface area contributed by atoms with E-state index in [4.69, 9.17) is 4.74 Å². The van der Waals surface area contributed by atoms with Crippen molar-refractivity contribution in [2.24, 2.45) is 0 Å². The largest absolute Gasteiger partial charge is 0.444 e. The van der Waals surface area contributed by atoms with Crippen molar-refractivity contribution in [1.82, 2.24) is 4.90 Å². The Bertz CT molecular complexity index is 209. The molecule has 0 aliphatic heterocycles. The summed E-state index contributed by atoms with van der Waals surface area (Å²) in [6.07, 6.45) is 5.46. The molecule has 0 aromatic rings. The molecule has 0 bridgehead atoms. The third-order valence-corrected chi connectivity index (χ3v) is 2.18. The van der Waals surface area contributed by atoms with Crippen LogP contribution in [0.3, 0.4) is 0 Å². The number of unbranched alkanes of at least 4 members (excludes halogenated alkanes) is 2. The first kappa shape index (κ1) is 20.6. The van der Waals surface area contributed by atoms with Crippen LogP contribution in [0, 0.1) is 0 Å². The van der Waals surface area contributed by atoms with E-state index in [0.717, 1.165) is 25.9 Å². The number of amides is 1. The number of rotatable bonds is 6. The van der Waals surface area contributed by atoms with Gasteiger partial charge in [-0.2, -0.15) is 0 Å². The zero-order valence-electron chi connectivity index (χ0n) is 14.2. The molecule has 3 nitrogen and oxygen atoms in total. The lowest BCUT2D eigenvalue weighted by molar-refractivity contribution is 0.0247. The molecule has 0 N–H and O–H groups in total. The van der Waals surface area contributed by atoms with E-state index in [-0.39, 0.29) is 6.09 Å². The summed E-state index contributed by atoms with van der Waals surface area (Å²) in [4.78, 5) is 13.7. The van der Waals surface area contributed by atoms with Crippen LogP contribution < -0.4 is 0 Å². The minimum absolute atomic E-state index is 0.176. The van der Waals surface area contributed by atoms with Crippen molar-refractivity contribution in [3.8, 4) is 0 Å². The molecule has 0 rings (SSSR count). The van der Waals surface area contributed by atoms with E-state index in [1.165, 1.54) is 19.3 Å². The van der Waals surface area contributed by atoms with Crippen molar-refractivity contribution >= 4 is 6.09 Å². The molecule has 3 heteroatoms. The highest BCUT2D eigenvalue weighted by Gasteiger charge is 2.20. The molecule has 0 unspecified atom stereocenters. The highest BCUT2D eigenvalue weighted by Crippen LogP contribution is 2.11. The van der Waals surface area contributed by atoms with Crippen LogP contribution in [-0.2, 0) is 4.74 Å². The van der Waals surface area contributed by atoms with Gasteiger partial charge < -0.3 is 9.64 Å². The van der Waals surface area contributed by atoms with E-state index in [1.54, 1.807) is 0 Å². The molecule has 0 fully saturated rings. The highest BCUT2D eigenvalue weighted by molar-refractivity contribution is 5.68. The molecule has 0 saturated heterocycles.